The molecule has 0 atom stereocenters. The first kappa shape index (κ1) is 18.7. The van der Waals surface area contributed by atoms with Gasteiger partial charge in [-0.15, -0.1) is 0 Å². The van der Waals surface area contributed by atoms with Gasteiger partial charge in [0.05, 0.1) is 5.56 Å². The van der Waals surface area contributed by atoms with Gasteiger partial charge in [0, 0.05) is 23.3 Å². The van der Waals surface area contributed by atoms with Gasteiger partial charge >= 0.3 is 5.97 Å². The van der Waals surface area contributed by atoms with E-state index in [2.05, 4.69) is 20.6 Å². The average Bonchev–Trinajstić information content (AvgIpc) is 2.61. The summed E-state index contributed by atoms with van der Waals surface area (Å²) in [6.45, 7) is 2.51. The number of carboxylic acids is 1. The number of aromatic carboxylic acids is 1. The number of rotatable bonds is 7. The minimum absolute atomic E-state index is 0.214. The number of aromatic nitrogens is 2. The Kier molecular flexibility index (Phi) is 5.88. The van der Waals surface area contributed by atoms with E-state index in [0.29, 0.717) is 29.7 Å². The largest absolute Gasteiger partial charge is 0.478 e. The minimum atomic E-state index is -0.971. The highest BCUT2D eigenvalue weighted by atomic mass is 35.5. The smallest absolute Gasteiger partial charge is 0.335 e. The van der Waals surface area contributed by atoms with Gasteiger partial charge in [0.15, 0.2) is 0 Å². The van der Waals surface area contributed by atoms with Crippen molar-refractivity contribution in [2.75, 3.05) is 17.2 Å². The molecule has 138 valence electrons. The second kappa shape index (κ2) is 8.51. The molecule has 0 amide bonds. The van der Waals surface area contributed by atoms with Gasteiger partial charge in [-0.2, -0.15) is 0 Å². The Hall–Kier alpha value is -3.12. The molecule has 3 aromatic rings. The quantitative estimate of drug-likeness (QED) is 0.556. The van der Waals surface area contributed by atoms with Crippen molar-refractivity contribution in [2.45, 2.75) is 13.3 Å². The maximum atomic E-state index is 11.1. The summed E-state index contributed by atoms with van der Waals surface area (Å²) < 4.78 is 0. The fraction of sp³-hybridized carbons (Fsp3) is 0.150. The standard InChI is InChI=1S/C20H19ClN4O2/c1-13-23-18(22-9-8-14-4-2-6-16(21)10-14)12-19(24-13)25-17-7-3-5-15(11-17)20(26)27/h2-7,10-12H,8-9H2,1H3,(H,26,27)(H2,22,23,24,25). The maximum absolute atomic E-state index is 11.1. The van der Waals surface area contributed by atoms with Crippen LogP contribution in [0.15, 0.2) is 54.6 Å². The van der Waals surface area contributed by atoms with Crippen LogP contribution in [0.5, 0.6) is 0 Å². The van der Waals surface area contributed by atoms with Crippen LogP contribution in [0.1, 0.15) is 21.7 Å². The maximum Gasteiger partial charge on any atom is 0.335 e. The molecule has 6 nitrogen and oxygen atoms in total. The Bertz CT molecular complexity index is 962. The minimum Gasteiger partial charge on any atom is -0.478 e. The molecule has 1 heterocycles. The van der Waals surface area contributed by atoms with E-state index >= 15 is 0 Å². The number of carbonyl (C=O) groups is 1. The van der Waals surface area contributed by atoms with Crippen molar-refractivity contribution >= 4 is 34.9 Å². The number of hydrogen-bond acceptors (Lipinski definition) is 5. The van der Waals surface area contributed by atoms with Crippen molar-refractivity contribution in [2.24, 2.45) is 0 Å². The fourth-order valence-electron chi connectivity index (χ4n) is 2.63. The molecule has 3 N–H and O–H groups in total. The predicted octanol–water partition coefficient (Wildman–Crippen LogP) is 4.53. The highest BCUT2D eigenvalue weighted by molar-refractivity contribution is 6.30. The second-order valence-electron chi connectivity index (χ2n) is 6.00. The lowest BCUT2D eigenvalue weighted by Crippen LogP contribution is -2.08. The van der Waals surface area contributed by atoms with Gasteiger partial charge in [-0.25, -0.2) is 14.8 Å². The normalized spacial score (nSPS) is 10.4. The molecule has 0 spiro atoms. The van der Waals surface area contributed by atoms with Gasteiger partial charge in [-0.3, -0.25) is 0 Å². The molecule has 0 aliphatic rings. The molecule has 1 aromatic heterocycles. The third kappa shape index (κ3) is 5.43. The summed E-state index contributed by atoms with van der Waals surface area (Å²) in [5, 5.41) is 16.2. The van der Waals surface area contributed by atoms with Gasteiger partial charge < -0.3 is 15.7 Å². The Morgan fingerprint density at radius 2 is 1.85 bits per heavy atom. The molecule has 2 aromatic carbocycles. The van der Waals surface area contributed by atoms with Crippen LogP contribution in [0.25, 0.3) is 0 Å². The van der Waals surface area contributed by atoms with E-state index in [0.717, 1.165) is 17.0 Å². The predicted molar refractivity (Wildman–Crippen MR) is 107 cm³/mol. The first-order chi connectivity index (χ1) is 13.0. The molecular formula is C20H19ClN4O2. The molecule has 0 aliphatic heterocycles. The van der Waals surface area contributed by atoms with Crippen molar-refractivity contribution in [3.05, 3.63) is 76.6 Å². The number of nitrogens with one attached hydrogen (secondary N) is 2. The molecule has 7 heteroatoms. The average molecular weight is 383 g/mol. The lowest BCUT2D eigenvalue weighted by atomic mass is 10.1. The number of anilines is 3. The fourth-order valence-corrected chi connectivity index (χ4v) is 2.84. The van der Waals surface area contributed by atoms with Crippen molar-refractivity contribution < 1.29 is 9.90 Å². The SMILES string of the molecule is Cc1nc(NCCc2cccc(Cl)c2)cc(Nc2cccc(C(=O)O)c2)n1. The summed E-state index contributed by atoms with van der Waals surface area (Å²) in [6, 6.07) is 16.1. The molecule has 0 saturated heterocycles. The molecule has 3 rings (SSSR count). The third-order valence-electron chi connectivity index (χ3n) is 3.83. The molecule has 0 fully saturated rings. The number of hydrogen-bond donors (Lipinski definition) is 3. The van der Waals surface area contributed by atoms with Crippen LogP contribution < -0.4 is 10.6 Å². The summed E-state index contributed by atoms with van der Waals surface area (Å²) in [6.07, 6.45) is 0.813. The van der Waals surface area contributed by atoms with Crippen molar-refractivity contribution in [3.63, 3.8) is 0 Å². The third-order valence-corrected chi connectivity index (χ3v) is 4.06. The number of halogens is 1. The van der Waals surface area contributed by atoms with E-state index in [1.165, 1.54) is 0 Å². The van der Waals surface area contributed by atoms with E-state index in [-0.39, 0.29) is 5.56 Å². The van der Waals surface area contributed by atoms with Gasteiger partial charge in [0.25, 0.3) is 0 Å². The van der Waals surface area contributed by atoms with Crippen molar-refractivity contribution in [3.8, 4) is 0 Å². The highest BCUT2D eigenvalue weighted by Crippen LogP contribution is 2.19. The lowest BCUT2D eigenvalue weighted by Gasteiger charge is -2.11. The van der Waals surface area contributed by atoms with E-state index in [9.17, 15) is 4.79 Å². The van der Waals surface area contributed by atoms with E-state index in [1.807, 2.05) is 24.3 Å². The first-order valence-electron chi connectivity index (χ1n) is 8.44. The van der Waals surface area contributed by atoms with Crippen LogP contribution in [0, 0.1) is 6.92 Å². The van der Waals surface area contributed by atoms with Crippen molar-refractivity contribution in [1.82, 2.24) is 9.97 Å². The van der Waals surface area contributed by atoms with Crippen LogP contribution in [-0.2, 0) is 6.42 Å². The molecule has 0 aliphatic carbocycles. The highest BCUT2D eigenvalue weighted by Gasteiger charge is 2.06. The summed E-state index contributed by atoms with van der Waals surface area (Å²) >= 11 is 6.00. The Labute approximate surface area is 162 Å². The van der Waals surface area contributed by atoms with E-state index in [1.54, 1.807) is 37.3 Å². The monoisotopic (exact) mass is 382 g/mol. The summed E-state index contributed by atoms with van der Waals surface area (Å²) in [4.78, 5) is 19.8. The zero-order chi connectivity index (χ0) is 19.2. The Morgan fingerprint density at radius 1 is 1.07 bits per heavy atom. The Morgan fingerprint density at radius 3 is 2.63 bits per heavy atom. The zero-order valence-corrected chi connectivity index (χ0v) is 15.5. The molecule has 0 saturated carbocycles. The van der Waals surface area contributed by atoms with Crippen LogP contribution in [0.3, 0.4) is 0 Å². The number of carboxylic acid groups (broad SMARTS) is 1. The van der Waals surface area contributed by atoms with E-state index in [4.69, 9.17) is 16.7 Å². The molecule has 0 radical (unpaired) electrons. The van der Waals surface area contributed by atoms with Crippen molar-refractivity contribution in [1.29, 1.82) is 0 Å². The van der Waals surface area contributed by atoms with Gasteiger partial charge in [-0.05, 0) is 49.2 Å². The van der Waals surface area contributed by atoms with E-state index < -0.39 is 5.97 Å². The second-order valence-corrected chi connectivity index (χ2v) is 6.44. The summed E-state index contributed by atoms with van der Waals surface area (Å²) in [5.74, 6) is 0.928. The molecule has 27 heavy (non-hydrogen) atoms. The first-order valence-corrected chi connectivity index (χ1v) is 8.82. The number of aryl methyl sites for hydroxylation is 1. The Balaban J connectivity index is 1.67. The summed E-state index contributed by atoms with van der Waals surface area (Å²) in [7, 11) is 0. The van der Waals surface area contributed by atoms with Crippen LogP contribution in [0.2, 0.25) is 5.02 Å². The number of nitrogens with zero attached hydrogens (tertiary/aromatic N) is 2. The van der Waals surface area contributed by atoms with Crippen LogP contribution in [0.4, 0.5) is 17.3 Å². The van der Waals surface area contributed by atoms with Crippen LogP contribution >= 0.6 is 11.6 Å². The molecule has 0 bridgehead atoms. The van der Waals surface area contributed by atoms with Gasteiger partial charge in [0.2, 0.25) is 0 Å². The van der Waals surface area contributed by atoms with Gasteiger partial charge in [0.1, 0.15) is 17.5 Å². The topological polar surface area (TPSA) is 87.1 Å². The number of benzene rings is 2. The summed E-state index contributed by atoms with van der Waals surface area (Å²) in [5.41, 5.74) is 2.01. The van der Waals surface area contributed by atoms with Gasteiger partial charge in [-0.1, -0.05) is 29.8 Å². The lowest BCUT2D eigenvalue weighted by molar-refractivity contribution is 0.0697. The van der Waals surface area contributed by atoms with Crippen LogP contribution in [-0.4, -0.2) is 27.6 Å². The molecule has 0 unspecified atom stereocenters. The zero-order valence-electron chi connectivity index (χ0n) is 14.7. The molecular weight excluding hydrogens is 364 g/mol.